The molecular formula is C48H91NO3. The van der Waals surface area contributed by atoms with E-state index in [4.69, 9.17) is 0 Å². The lowest BCUT2D eigenvalue weighted by molar-refractivity contribution is -0.123. The highest BCUT2D eigenvalue weighted by molar-refractivity contribution is 5.76. The van der Waals surface area contributed by atoms with Gasteiger partial charge in [0, 0.05) is 6.42 Å². The first-order valence-corrected chi connectivity index (χ1v) is 23.2. The normalized spacial score (nSPS) is 13.2. The molecule has 0 unspecified atom stereocenters. The van der Waals surface area contributed by atoms with Crippen molar-refractivity contribution in [2.45, 2.75) is 257 Å². The topological polar surface area (TPSA) is 69.6 Å². The second-order valence-electron chi connectivity index (χ2n) is 15.8. The number of unbranched alkanes of at least 4 members (excludes halogenated alkanes) is 31. The molecule has 0 aliphatic rings. The quantitative estimate of drug-likeness (QED) is 0.0433. The van der Waals surface area contributed by atoms with Crippen LogP contribution in [0.1, 0.15) is 245 Å². The van der Waals surface area contributed by atoms with Crippen LogP contribution in [-0.4, -0.2) is 34.9 Å². The van der Waals surface area contributed by atoms with Crippen molar-refractivity contribution in [3.8, 4) is 0 Å². The summed E-state index contributed by atoms with van der Waals surface area (Å²) in [5, 5.41) is 23.0. The van der Waals surface area contributed by atoms with Crippen molar-refractivity contribution < 1.29 is 15.0 Å². The monoisotopic (exact) mass is 730 g/mol. The summed E-state index contributed by atoms with van der Waals surface area (Å²) in [7, 11) is 0. The number of carbonyl (C=O) groups excluding carboxylic acids is 1. The van der Waals surface area contributed by atoms with E-state index >= 15 is 0 Å². The molecule has 0 radical (unpaired) electrons. The van der Waals surface area contributed by atoms with Crippen LogP contribution >= 0.6 is 0 Å². The largest absolute Gasteiger partial charge is 0.394 e. The van der Waals surface area contributed by atoms with Gasteiger partial charge in [-0.05, 0) is 57.8 Å². The number of allylic oxidation sites excluding steroid dienone is 5. The molecule has 4 nitrogen and oxygen atoms in total. The van der Waals surface area contributed by atoms with Gasteiger partial charge < -0.3 is 15.5 Å². The lowest BCUT2D eigenvalue weighted by atomic mass is 10.0. The molecule has 0 bridgehead atoms. The van der Waals surface area contributed by atoms with Crippen LogP contribution in [0, 0.1) is 0 Å². The third-order valence-electron chi connectivity index (χ3n) is 10.6. The van der Waals surface area contributed by atoms with E-state index in [1.165, 1.54) is 199 Å². The first-order chi connectivity index (χ1) is 25.7. The second kappa shape index (κ2) is 44.0. The summed E-state index contributed by atoms with van der Waals surface area (Å²) < 4.78 is 0. The van der Waals surface area contributed by atoms with E-state index in [0.29, 0.717) is 6.42 Å². The average Bonchev–Trinajstić information content (AvgIpc) is 3.15. The van der Waals surface area contributed by atoms with Crippen molar-refractivity contribution >= 4 is 5.91 Å². The Labute approximate surface area is 325 Å². The zero-order valence-electron chi connectivity index (χ0n) is 35.1. The zero-order chi connectivity index (χ0) is 37.8. The molecule has 3 N–H and O–H groups in total. The first kappa shape index (κ1) is 50.6. The maximum atomic E-state index is 12.4. The fourth-order valence-corrected chi connectivity index (χ4v) is 7.01. The Balaban J connectivity index is 3.53. The van der Waals surface area contributed by atoms with Gasteiger partial charge in [0.15, 0.2) is 0 Å². The summed E-state index contributed by atoms with van der Waals surface area (Å²) in [4.78, 5) is 12.4. The first-order valence-electron chi connectivity index (χ1n) is 23.2. The van der Waals surface area contributed by atoms with Crippen LogP contribution in [-0.2, 0) is 4.79 Å². The van der Waals surface area contributed by atoms with Gasteiger partial charge in [0.05, 0.1) is 18.8 Å². The lowest BCUT2D eigenvalue weighted by Gasteiger charge is -2.20. The van der Waals surface area contributed by atoms with E-state index in [-0.39, 0.29) is 12.5 Å². The summed E-state index contributed by atoms with van der Waals surface area (Å²) in [6.07, 6.45) is 58.3. The number of hydrogen-bond acceptors (Lipinski definition) is 3. The maximum absolute atomic E-state index is 12.4. The molecule has 0 aromatic carbocycles. The van der Waals surface area contributed by atoms with Crippen molar-refractivity contribution in [2.75, 3.05) is 6.61 Å². The van der Waals surface area contributed by atoms with Crippen LogP contribution in [0.3, 0.4) is 0 Å². The standard InChI is InChI=1S/C48H91NO3/c1-3-5-7-9-11-13-15-17-18-19-20-21-22-23-24-25-26-27-28-29-30-32-34-36-38-40-42-44-48(52)49-46(45-50)47(51)43-41-39-37-35-33-31-16-14-12-10-8-6-4-2/h21-22,25-26,41,43,46-47,50-51H,3-20,23-24,27-40,42,44-45H2,1-2H3,(H,49,52)/b22-21-,26-25-,43-41+/t46-,47+/m0/s1. The summed E-state index contributed by atoms with van der Waals surface area (Å²) in [6.45, 7) is 4.31. The van der Waals surface area contributed by atoms with Crippen molar-refractivity contribution in [2.24, 2.45) is 0 Å². The summed E-state index contributed by atoms with van der Waals surface area (Å²) in [5.41, 5.74) is 0. The second-order valence-corrected chi connectivity index (χ2v) is 15.8. The summed E-state index contributed by atoms with van der Waals surface area (Å²) in [6, 6.07) is -0.623. The van der Waals surface area contributed by atoms with E-state index in [2.05, 4.69) is 43.5 Å². The van der Waals surface area contributed by atoms with Crippen LogP contribution in [0.25, 0.3) is 0 Å². The Morgan fingerprint density at radius 2 is 0.750 bits per heavy atom. The Morgan fingerprint density at radius 3 is 1.12 bits per heavy atom. The fraction of sp³-hybridized carbons (Fsp3) is 0.854. The molecule has 0 fully saturated rings. The highest BCUT2D eigenvalue weighted by Gasteiger charge is 2.17. The third kappa shape index (κ3) is 39.8. The lowest BCUT2D eigenvalue weighted by Crippen LogP contribution is -2.45. The van der Waals surface area contributed by atoms with E-state index < -0.39 is 12.1 Å². The minimum absolute atomic E-state index is 0.0676. The summed E-state index contributed by atoms with van der Waals surface area (Å²) >= 11 is 0. The van der Waals surface area contributed by atoms with Gasteiger partial charge in [-0.25, -0.2) is 0 Å². The average molecular weight is 730 g/mol. The highest BCUT2D eigenvalue weighted by Crippen LogP contribution is 2.15. The number of aliphatic hydroxyl groups is 2. The van der Waals surface area contributed by atoms with Crippen molar-refractivity contribution in [1.29, 1.82) is 0 Å². The molecule has 0 heterocycles. The highest BCUT2D eigenvalue weighted by atomic mass is 16.3. The molecule has 0 aromatic heterocycles. The van der Waals surface area contributed by atoms with E-state index in [1.54, 1.807) is 6.08 Å². The van der Waals surface area contributed by atoms with Gasteiger partial charge in [0.25, 0.3) is 0 Å². The molecule has 1 amide bonds. The molecule has 0 aliphatic carbocycles. The molecule has 2 atom stereocenters. The number of amides is 1. The molecule has 0 aliphatic heterocycles. The van der Waals surface area contributed by atoms with Gasteiger partial charge in [-0.3, -0.25) is 4.79 Å². The predicted octanol–water partition coefficient (Wildman–Crippen LogP) is 14.6. The maximum Gasteiger partial charge on any atom is 0.220 e. The van der Waals surface area contributed by atoms with Gasteiger partial charge >= 0.3 is 0 Å². The van der Waals surface area contributed by atoms with E-state index in [0.717, 1.165) is 25.7 Å². The van der Waals surface area contributed by atoms with Crippen molar-refractivity contribution in [3.05, 3.63) is 36.5 Å². The van der Waals surface area contributed by atoms with Crippen molar-refractivity contribution in [1.82, 2.24) is 5.32 Å². The minimum atomic E-state index is -0.839. The summed E-state index contributed by atoms with van der Waals surface area (Å²) in [5.74, 6) is -0.0676. The van der Waals surface area contributed by atoms with Gasteiger partial charge in [-0.1, -0.05) is 217 Å². The number of aliphatic hydroxyl groups excluding tert-OH is 2. The number of carbonyl (C=O) groups is 1. The molecule has 0 saturated heterocycles. The number of nitrogens with one attached hydrogen (secondary N) is 1. The van der Waals surface area contributed by atoms with Gasteiger partial charge in [-0.15, -0.1) is 0 Å². The Kier molecular flexibility index (Phi) is 42.8. The smallest absolute Gasteiger partial charge is 0.220 e. The zero-order valence-corrected chi connectivity index (χ0v) is 35.1. The third-order valence-corrected chi connectivity index (χ3v) is 10.6. The van der Waals surface area contributed by atoms with Crippen LogP contribution in [0.2, 0.25) is 0 Å². The number of rotatable bonds is 42. The van der Waals surface area contributed by atoms with Crippen LogP contribution in [0.4, 0.5) is 0 Å². The van der Waals surface area contributed by atoms with Gasteiger partial charge in [0.2, 0.25) is 5.91 Å². The molecule has 4 heteroatoms. The van der Waals surface area contributed by atoms with E-state index in [1.807, 2.05) is 6.08 Å². The SMILES string of the molecule is CCCCCCCCCCCC/C=C\CC/C=C\CCCCCCCCCCCC(=O)N[C@@H](CO)[C@H](O)/C=C/CCCCCCCCCCCCC. The molecule has 52 heavy (non-hydrogen) atoms. The Hall–Kier alpha value is -1.39. The van der Waals surface area contributed by atoms with Crippen LogP contribution in [0.15, 0.2) is 36.5 Å². The van der Waals surface area contributed by atoms with E-state index in [9.17, 15) is 15.0 Å². The fourth-order valence-electron chi connectivity index (χ4n) is 7.01. The minimum Gasteiger partial charge on any atom is -0.394 e. The molecule has 0 spiro atoms. The Bertz CT molecular complexity index is 790. The molecular weight excluding hydrogens is 639 g/mol. The molecule has 0 saturated carbocycles. The molecule has 0 rings (SSSR count). The van der Waals surface area contributed by atoms with Gasteiger partial charge in [0.1, 0.15) is 0 Å². The molecule has 0 aromatic rings. The van der Waals surface area contributed by atoms with Crippen LogP contribution < -0.4 is 5.32 Å². The Morgan fingerprint density at radius 1 is 0.442 bits per heavy atom. The number of hydrogen-bond donors (Lipinski definition) is 3. The predicted molar refractivity (Wildman–Crippen MR) is 230 cm³/mol. The van der Waals surface area contributed by atoms with Crippen molar-refractivity contribution in [3.63, 3.8) is 0 Å². The van der Waals surface area contributed by atoms with Gasteiger partial charge in [-0.2, -0.15) is 0 Å². The molecule has 306 valence electrons. The van der Waals surface area contributed by atoms with Crippen LogP contribution in [0.5, 0.6) is 0 Å².